The minimum atomic E-state index is -0.148. The molecule has 112 valence electrons. The first-order valence-electron chi connectivity index (χ1n) is 7.24. The minimum absolute atomic E-state index is 0.0981. The van der Waals surface area contributed by atoms with E-state index >= 15 is 0 Å². The zero-order valence-electron chi connectivity index (χ0n) is 12.7. The van der Waals surface area contributed by atoms with Crippen molar-refractivity contribution in [2.24, 2.45) is 0 Å². The number of nitrogens with zero attached hydrogens (tertiary/aromatic N) is 1. The Labute approximate surface area is 126 Å². The zero-order valence-corrected chi connectivity index (χ0v) is 13.5. The monoisotopic (exact) mass is 297 g/mol. The summed E-state index contributed by atoms with van der Waals surface area (Å²) in [6, 6.07) is 3.33. The van der Waals surface area contributed by atoms with Crippen molar-refractivity contribution in [1.82, 2.24) is 10.3 Å². The predicted molar refractivity (Wildman–Crippen MR) is 84.5 cm³/mol. The number of carbonyl (C=O) groups is 1. The Balaban J connectivity index is 2.97. The molecular formula is C15H24ClN3O. The van der Waals surface area contributed by atoms with Gasteiger partial charge in [-0.05, 0) is 38.3 Å². The third kappa shape index (κ3) is 4.10. The lowest BCUT2D eigenvalue weighted by molar-refractivity contribution is 0.0888. The summed E-state index contributed by atoms with van der Waals surface area (Å²) in [6.45, 7) is 8.99. The van der Waals surface area contributed by atoms with Crippen molar-refractivity contribution >= 4 is 23.3 Å². The Kier molecular flexibility index (Phi) is 6.27. The number of rotatable bonds is 7. The summed E-state index contributed by atoms with van der Waals surface area (Å²) >= 11 is 5.97. The molecule has 5 heteroatoms. The second-order valence-electron chi connectivity index (χ2n) is 4.89. The van der Waals surface area contributed by atoms with E-state index in [9.17, 15) is 4.79 Å². The van der Waals surface area contributed by atoms with Crippen LogP contribution < -0.4 is 10.6 Å². The third-order valence-electron chi connectivity index (χ3n) is 3.82. The SMILES string of the molecule is CCNc1cc(C(=O)NC(CC)(CC)CC)cc(Cl)n1. The maximum atomic E-state index is 12.4. The van der Waals surface area contributed by atoms with Crippen LogP contribution in [0.1, 0.15) is 57.3 Å². The van der Waals surface area contributed by atoms with Gasteiger partial charge in [-0.3, -0.25) is 4.79 Å². The predicted octanol–water partition coefficient (Wildman–Crippen LogP) is 3.87. The van der Waals surface area contributed by atoms with E-state index in [1.54, 1.807) is 12.1 Å². The molecule has 0 fully saturated rings. The number of hydrogen-bond donors (Lipinski definition) is 2. The maximum Gasteiger partial charge on any atom is 0.251 e. The molecule has 1 amide bonds. The Hall–Kier alpha value is -1.29. The zero-order chi connectivity index (χ0) is 15.2. The molecule has 20 heavy (non-hydrogen) atoms. The summed E-state index contributed by atoms with van der Waals surface area (Å²) in [5.41, 5.74) is 0.395. The Morgan fingerprint density at radius 1 is 1.20 bits per heavy atom. The Morgan fingerprint density at radius 2 is 1.80 bits per heavy atom. The van der Waals surface area contributed by atoms with E-state index in [2.05, 4.69) is 36.4 Å². The van der Waals surface area contributed by atoms with Crippen molar-refractivity contribution < 1.29 is 4.79 Å². The first-order valence-corrected chi connectivity index (χ1v) is 7.62. The van der Waals surface area contributed by atoms with Gasteiger partial charge in [0.05, 0.1) is 0 Å². The number of carbonyl (C=O) groups excluding carboxylic acids is 1. The van der Waals surface area contributed by atoms with Gasteiger partial charge < -0.3 is 10.6 Å². The molecular weight excluding hydrogens is 274 g/mol. The molecule has 1 heterocycles. The number of amides is 1. The van der Waals surface area contributed by atoms with Crippen LogP contribution in [0.25, 0.3) is 0 Å². The fourth-order valence-corrected chi connectivity index (χ4v) is 2.44. The number of aromatic nitrogens is 1. The number of pyridine rings is 1. The van der Waals surface area contributed by atoms with Crippen molar-refractivity contribution in [3.8, 4) is 0 Å². The highest BCUT2D eigenvalue weighted by Gasteiger charge is 2.26. The van der Waals surface area contributed by atoms with Gasteiger partial charge in [-0.1, -0.05) is 32.4 Å². The first-order chi connectivity index (χ1) is 9.50. The second kappa shape index (κ2) is 7.48. The van der Waals surface area contributed by atoms with Crippen LogP contribution in [0.15, 0.2) is 12.1 Å². The van der Waals surface area contributed by atoms with Gasteiger partial charge in [-0.25, -0.2) is 4.98 Å². The van der Waals surface area contributed by atoms with Crippen molar-refractivity contribution in [3.05, 3.63) is 22.8 Å². The first kappa shape index (κ1) is 16.8. The molecule has 1 aromatic rings. The largest absolute Gasteiger partial charge is 0.370 e. The molecule has 0 saturated heterocycles. The van der Waals surface area contributed by atoms with Crippen LogP contribution in [0.5, 0.6) is 0 Å². The smallest absolute Gasteiger partial charge is 0.251 e. The van der Waals surface area contributed by atoms with Crippen LogP contribution in [0.4, 0.5) is 5.82 Å². The maximum absolute atomic E-state index is 12.4. The van der Waals surface area contributed by atoms with Gasteiger partial charge >= 0.3 is 0 Å². The van der Waals surface area contributed by atoms with Gasteiger partial charge in [-0.15, -0.1) is 0 Å². The van der Waals surface area contributed by atoms with Gasteiger partial charge in [0.2, 0.25) is 0 Å². The summed E-state index contributed by atoms with van der Waals surface area (Å²) < 4.78 is 0. The van der Waals surface area contributed by atoms with Gasteiger partial charge in [0.1, 0.15) is 11.0 Å². The molecule has 0 spiro atoms. The molecule has 0 aliphatic rings. The summed E-state index contributed by atoms with van der Waals surface area (Å²) in [5.74, 6) is 0.527. The molecule has 1 aromatic heterocycles. The van der Waals surface area contributed by atoms with Crippen LogP contribution in [-0.4, -0.2) is 23.0 Å². The highest BCUT2D eigenvalue weighted by molar-refractivity contribution is 6.29. The van der Waals surface area contributed by atoms with Crippen molar-refractivity contribution in [1.29, 1.82) is 0 Å². The molecule has 1 rings (SSSR count). The van der Waals surface area contributed by atoms with E-state index in [1.807, 2.05) is 6.92 Å². The van der Waals surface area contributed by atoms with E-state index in [1.165, 1.54) is 0 Å². The van der Waals surface area contributed by atoms with Crippen LogP contribution in [0, 0.1) is 0 Å². The van der Waals surface area contributed by atoms with Crippen LogP contribution in [0.3, 0.4) is 0 Å². The third-order valence-corrected chi connectivity index (χ3v) is 4.02. The molecule has 4 nitrogen and oxygen atoms in total. The summed E-state index contributed by atoms with van der Waals surface area (Å²) in [5, 5.41) is 6.53. The Morgan fingerprint density at radius 3 is 2.30 bits per heavy atom. The molecule has 0 unspecified atom stereocenters. The molecule has 0 atom stereocenters. The topological polar surface area (TPSA) is 54.0 Å². The average molecular weight is 298 g/mol. The molecule has 0 bridgehead atoms. The van der Waals surface area contributed by atoms with E-state index in [0.29, 0.717) is 16.5 Å². The van der Waals surface area contributed by atoms with E-state index < -0.39 is 0 Å². The number of hydrogen-bond acceptors (Lipinski definition) is 3. The summed E-state index contributed by atoms with van der Waals surface area (Å²) in [4.78, 5) is 16.6. The molecule has 2 N–H and O–H groups in total. The average Bonchev–Trinajstić information content (AvgIpc) is 2.44. The fourth-order valence-electron chi connectivity index (χ4n) is 2.23. The van der Waals surface area contributed by atoms with Gasteiger partial charge in [0.15, 0.2) is 0 Å². The second-order valence-corrected chi connectivity index (χ2v) is 5.28. The van der Waals surface area contributed by atoms with Crippen molar-refractivity contribution in [3.63, 3.8) is 0 Å². The van der Waals surface area contributed by atoms with Gasteiger partial charge in [0.25, 0.3) is 5.91 Å². The fraction of sp³-hybridized carbons (Fsp3) is 0.600. The lowest BCUT2D eigenvalue weighted by Crippen LogP contribution is -2.47. The number of nitrogens with one attached hydrogen (secondary N) is 2. The molecule has 0 aliphatic heterocycles. The van der Waals surface area contributed by atoms with Crippen LogP contribution in [-0.2, 0) is 0 Å². The van der Waals surface area contributed by atoms with E-state index in [4.69, 9.17) is 11.6 Å². The standard InChI is InChI=1S/C15H24ClN3O/c1-5-15(6-2,7-3)19-14(20)11-9-12(16)18-13(10-11)17-8-4/h9-10H,5-8H2,1-4H3,(H,17,18)(H,19,20). The highest BCUT2D eigenvalue weighted by Crippen LogP contribution is 2.21. The van der Waals surface area contributed by atoms with Gasteiger partial charge in [0, 0.05) is 17.6 Å². The minimum Gasteiger partial charge on any atom is -0.370 e. The van der Waals surface area contributed by atoms with Crippen molar-refractivity contribution in [2.75, 3.05) is 11.9 Å². The normalized spacial score (nSPS) is 11.2. The van der Waals surface area contributed by atoms with Crippen LogP contribution >= 0.6 is 11.6 Å². The Bertz CT molecular complexity index is 450. The van der Waals surface area contributed by atoms with E-state index in [0.717, 1.165) is 25.8 Å². The molecule has 0 saturated carbocycles. The van der Waals surface area contributed by atoms with E-state index in [-0.39, 0.29) is 11.4 Å². The number of anilines is 1. The summed E-state index contributed by atoms with van der Waals surface area (Å²) in [6.07, 6.45) is 2.72. The number of halogens is 1. The highest BCUT2D eigenvalue weighted by atomic mass is 35.5. The van der Waals surface area contributed by atoms with Crippen LogP contribution in [0.2, 0.25) is 5.15 Å². The molecule has 0 aromatic carbocycles. The quantitative estimate of drug-likeness (QED) is 0.751. The summed E-state index contributed by atoms with van der Waals surface area (Å²) in [7, 11) is 0. The lowest BCUT2D eigenvalue weighted by Gasteiger charge is -2.31. The van der Waals surface area contributed by atoms with Crippen molar-refractivity contribution in [2.45, 2.75) is 52.5 Å². The molecule has 0 aliphatic carbocycles. The molecule has 0 radical (unpaired) electrons. The van der Waals surface area contributed by atoms with Gasteiger partial charge in [-0.2, -0.15) is 0 Å². The lowest BCUT2D eigenvalue weighted by atomic mass is 9.89.